The van der Waals surface area contributed by atoms with Crippen LogP contribution in [0.4, 0.5) is 4.79 Å². The van der Waals surface area contributed by atoms with Crippen LogP contribution in [-0.4, -0.2) is 71.5 Å². The van der Waals surface area contributed by atoms with E-state index in [-0.39, 0.29) is 19.0 Å². The molecule has 0 aromatic heterocycles. The molecule has 36 heavy (non-hydrogen) atoms. The predicted octanol–water partition coefficient (Wildman–Crippen LogP) is 1.76. The number of imide groups is 1. The van der Waals surface area contributed by atoms with E-state index < -0.39 is 17.5 Å². The monoisotopic (exact) mass is 489 g/mol. The van der Waals surface area contributed by atoms with E-state index in [4.69, 9.17) is 4.74 Å². The quantitative estimate of drug-likeness (QED) is 0.142. The van der Waals surface area contributed by atoms with Gasteiger partial charge in [-0.1, -0.05) is 30.0 Å². The van der Waals surface area contributed by atoms with Crippen molar-refractivity contribution in [3.63, 3.8) is 0 Å². The summed E-state index contributed by atoms with van der Waals surface area (Å²) in [5, 5.41) is 17.7. The molecule has 0 bridgehead atoms. The average molecular weight is 490 g/mol. The topological polar surface area (TPSA) is 124 Å². The smallest absolute Gasteiger partial charge is 0.323 e. The molecule has 2 aliphatic heterocycles. The standard InChI is InChI=1S/C26H27N5O5/c1-4-13-30(2)22(29-35)18-7-5-17(6-8-18)11-12-26(24(33)27-25(34)28-26)16-31-15-19-9-10-20(36-3)14-21(19)23(31)32/h5-10,14,35H,4,13,15-16H2,1-3H3,(H2,27,28,33,34)/t26-/m1/s1. The van der Waals surface area contributed by atoms with Crippen molar-refractivity contribution < 1.29 is 24.3 Å². The number of hydrogen-bond acceptors (Lipinski definition) is 6. The second kappa shape index (κ2) is 10.00. The highest BCUT2D eigenvalue weighted by molar-refractivity contribution is 6.10. The number of nitrogens with zero attached hydrogens (tertiary/aromatic N) is 3. The number of carbonyl (C=O) groups excluding carboxylic acids is 3. The molecule has 0 spiro atoms. The van der Waals surface area contributed by atoms with Gasteiger partial charge in [-0.3, -0.25) is 14.9 Å². The minimum absolute atomic E-state index is 0.116. The van der Waals surface area contributed by atoms with Gasteiger partial charge in [-0.25, -0.2) is 4.79 Å². The lowest BCUT2D eigenvalue weighted by Crippen LogP contribution is -2.54. The lowest BCUT2D eigenvalue weighted by atomic mass is 9.99. The zero-order chi connectivity index (χ0) is 25.9. The number of benzene rings is 2. The molecule has 2 heterocycles. The molecule has 1 atom stereocenters. The number of ether oxygens (including phenoxy) is 1. The number of carbonyl (C=O) groups is 3. The van der Waals surface area contributed by atoms with Crippen LogP contribution in [0.25, 0.3) is 0 Å². The molecule has 10 nitrogen and oxygen atoms in total. The van der Waals surface area contributed by atoms with Gasteiger partial charge < -0.3 is 25.1 Å². The number of rotatable bonds is 6. The number of nitrogens with one attached hydrogen (secondary N) is 2. The first kappa shape index (κ1) is 24.6. The molecule has 2 aromatic rings. The Morgan fingerprint density at radius 2 is 1.97 bits per heavy atom. The normalized spacial score (nSPS) is 18.8. The zero-order valence-corrected chi connectivity index (χ0v) is 20.3. The number of hydrogen-bond donors (Lipinski definition) is 3. The van der Waals surface area contributed by atoms with E-state index in [2.05, 4.69) is 27.6 Å². The Labute approximate surface area is 208 Å². The Kier molecular flexibility index (Phi) is 6.83. The van der Waals surface area contributed by atoms with Gasteiger partial charge in [-0.05, 0) is 48.4 Å². The second-order valence-electron chi connectivity index (χ2n) is 8.67. The summed E-state index contributed by atoms with van der Waals surface area (Å²) in [7, 11) is 3.36. The van der Waals surface area contributed by atoms with Crippen LogP contribution in [0.1, 0.15) is 40.4 Å². The maximum atomic E-state index is 13.0. The van der Waals surface area contributed by atoms with Crippen molar-refractivity contribution >= 4 is 23.7 Å². The fourth-order valence-corrected chi connectivity index (χ4v) is 4.29. The predicted molar refractivity (Wildman–Crippen MR) is 132 cm³/mol. The third-order valence-corrected chi connectivity index (χ3v) is 6.14. The van der Waals surface area contributed by atoms with E-state index >= 15 is 0 Å². The Morgan fingerprint density at radius 3 is 2.58 bits per heavy atom. The Bertz CT molecular complexity index is 1290. The molecule has 1 saturated heterocycles. The first-order chi connectivity index (χ1) is 17.3. The third-order valence-electron chi connectivity index (χ3n) is 6.14. The molecule has 0 radical (unpaired) electrons. The van der Waals surface area contributed by atoms with E-state index in [1.54, 1.807) is 42.5 Å². The molecule has 4 rings (SSSR count). The van der Waals surface area contributed by atoms with Gasteiger partial charge in [0.15, 0.2) is 5.84 Å². The molecule has 1 fully saturated rings. The zero-order valence-electron chi connectivity index (χ0n) is 20.3. The Hall–Kier alpha value is -4.52. The van der Waals surface area contributed by atoms with Crippen molar-refractivity contribution in [2.75, 3.05) is 27.2 Å². The highest BCUT2D eigenvalue weighted by Gasteiger charge is 2.48. The number of fused-ring (bicyclic) bond motifs is 1. The van der Waals surface area contributed by atoms with Crippen molar-refractivity contribution in [1.82, 2.24) is 20.4 Å². The van der Waals surface area contributed by atoms with Crippen molar-refractivity contribution in [3.8, 4) is 17.6 Å². The largest absolute Gasteiger partial charge is 0.497 e. The van der Waals surface area contributed by atoms with Crippen molar-refractivity contribution in [2.45, 2.75) is 25.4 Å². The number of amidine groups is 1. The van der Waals surface area contributed by atoms with Crippen molar-refractivity contribution in [2.24, 2.45) is 5.16 Å². The maximum Gasteiger partial charge on any atom is 0.323 e. The molecule has 2 aliphatic rings. The molecule has 3 N–H and O–H groups in total. The highest BCUT2D eigenvalue weighted by Crippen LogP contribution is 2.28. The van der Waals surface area contributed by atoms with Crippen LogP contribution in [0.2, 0.25) is 0 Å². The number of amides is 4. The molecular formula is C26H27N5O5. The SMILES string of the molecule is CCCN(C)C(=NO)c1ccc(C#C[C@]2(CN3Cc4ccc(OC)cc4C3=O)NC(=O)NC2=O)cc1. The molecule has 0 aliphatic carbocycles. The lowest BCUT2D eigenvalue weighted by Gasteiger charge is -2.26. The molecule has 0 saturated carbocycles. The van der Waals surface area contributed by atoms with Crippen LogP contribution in [0.3, 0.4) is 0 Å². The summed E-state index contributed by atoms with van der Waals surface area (Å²) in [6, 6.07) is 11.6. The summed E-state index contributed by atoms with van der Waals surface area (Å²) in [5.41, 5.74) is 0.988. The van der Waals surface area contributed by atoms with Crippen LogP contribution >= 0.6 is 0 Å². The first-order valence-corrected chi connectivity index (χ1v) is 11.5. The number of urea groups is 1. The lowest BCUT2D eigenvalue weighted by molar-refractivity contribution is -0.122. The Balaban J connectivity index is 1.58. The molecule has 186 valence electrons. The van der Waals surface area contributed by atoms with Gasteiger partial charge in [0.25, 0.3) is 11.8 Å². The summed E-state index contributed by atoms with van der Waals surface area (Å²) < 4.78 is 5.21. The fraction of sp³-hybridized carbons (Fsp3) is 0.308. The van der Waals surface area contributed by atoms with Gasteiger partial charge in [-0.2, -0.15) is 0 Å². The van der Waals surface area contributed by atoms with Crippen molar-refractivity contribution in [1.29, 1.82) is 0 Å². The molecule has 4 amide bonds. The maximum absolute atomic E-state index is 13.0. The minimum Gasteiger partial charge on any atom is -0.497 e. The average Bonchev–Trinajstić information content (AvgIpc) is 3.33. The fourth-order valence-electron chi connectivity index (χ4n) is 4.29. The van der Waals surface area contributed by atoms with Gasteiger partial charge in [0, 0.05) is 36.8 Å². The summed E-state index contributed by atoms with van der Waals surface area (Å²) in [4.78, 5) is 41.2. The van der Waals surface area contributed by atoms with Gasteiger partial charge in [0.1, 0.15) is 5.75 Å². The van der Waals surface area contributed by atoms with Crippen LogP contribution in [-0.2, 0) is 11.3 Å². The van der Waals surface area contributed by atoms with Crippen molar-refractivity contribution in [3.05, 3.63) is 64.7 Å². The summed E-state index contributed by atoms with van der Waals surface area (Å²) in [6.45, 7) is 2.93. The van der Waals surface area contributed by atoms with Gasteiger partial charge in [0.05, 0.1) is 13.7 Å². The van der Waals surface area contributed by atoms with Gasteiger partial charge >= 0.3 is 6.03 Å². The van der Waals surface area contributed by atoms with Crippen LogP contribution < -0.4 is 15.4 Å². The van der Waals surface area contributed by atoms with Gasteiger partial charge in [0.2, 0.25) is 5.54 Å². The van der Waals surface area contributed by atoms with E-state index in [9.17, 15) is 19.6 Å². The highest BCUT2D eigenvalue weighted by atomic mass is 16.5. The Morgan fingerprint density at radius 1 is 1.22 bits per heavy atom. The molecule has 2 aromatic carbocycles. The molecular weight excluding hydrogens is 462 g/mol. The third kappa shape index (κ3) is 4.68. The molecule has 0 unspecified atom stereocenters. The molecule has 10 heteroatoms. The van der Waals surface area contributed by atoms with E-state index in [1.165, 1.54) is 12.0 Å². The van der Waals surface area contributed by atoms with E-state index in [1.807, 2.05) is 18.9 Å². The van der Waals surface area contributed by atoms with Crippen LogP contribution in [0, 0.1) is 11.8 Å². The van der Waals surface area contributed by atoms with E-state index in [0.29, 0.717) is 28.3 Å². The summed E-state index contributed by atoms with van der Waals surface area (Å²) >= 11 is 0. The van der Waals surface area contributed by atoms with Crippen LogP contribution in [0.15, 0.2) is 47.6 Å². The van der Waals surface area contributed by atoms with Crippen LogP contribution in [0.5, 0.6) is 5.75 Å². The summed E-state index contributed by atoms with van der Waals surface area (Å²) in [6.07, 6.45) is 0.896. The van der Waals surface area contributed by atoms with Gasteiger partial charge in [-0.15, -0.1) is 0 Å². The first-order valence-electron chi connectivity index (χ1n) is 11.5. The van der Waals surface area contributed by atoms with E-state index in [0.717, 1.165) is 18.5 Å². The summed E-state index contributed by atoms with van der Waals surface area (Å²) in [5.74, 6) is 5.94. The minimum atomic E-state index is -1.60. The number of oxime groups is 1. The second-order valence-corrected chi connectivity index (χ2v) is 8.67. The number of methoxy groups -OCH3 is 1.